The molecule has 3 rings (SSSR count). The number of likely N-dealkylation sites (N-methyl/N-ethyl adjacent to an activating group) is 1. The van der Waals surface area contributed by atoms with E-state index < -0.39 is 30.0 Å². The standard InChI is InChI=1S/C21H18F5N3O3/c1-29-18(30)21(28-20(29)27,12-4-7-14(8-5-12)32-19(25)26)13-6-9-15(22)16(11-13)31-10-2-3-17(23)24/h3-9,11,19H,2,10H2,1H3,(H2,27,28). The van der Waals surface area contributed by atoms with Crippen molar-refractivity contribution in [3.05, 3.63) is 71.6 Å². The van der Waals surface area contributed by atoms with Crippen LogP contribution in [-0.2, 0) is 10.3 Å². The monoisotopic (exact) mass is 455 g/mol. The van der Waals surface area contributed by atoms with E-state index >= 15 is 0 Å². The molecule has 0 aliphatic carbocycles. The predicted molar refractivity (Wildman–Crippen MR) is 105 cm³/mol. The van der Waals surface area contributed by atoms with Crippen molar-refractivity contribution in [3.8, 4) is 11.5 Å². The molecule has 0 saturated carbocycles. The highest BCUT2D eigenvalue weighted by molar-refractivity contribution is 6.08. The SMILES string of the molecule is CN1C(=O)C(c2ccc(OC(F)F)cc2)(c2ccc(F)c(OCCC=C(F)F)c2)N=C1N. The van der Waals surface area contributed by atoms with Crippen molar-refractivity contribution in [3.63, 3.8) is 0 Å². The molecule has 1 aliphatic heterocycles. The van der Waals surface area contributed by atoms with Gasteiger partial charge in [0.15, 0.2) is 23.1 Å². The number of amides is 1. The van der Waals surface area contributed by atoms with E-state index in [9.17, 15) is 26.7 Å². The Morgan fingerprint density at radius 2 is 1.84 bits per heavy atom. The molecular weight excluding hydrogens is 437 g/mol. The van der Waals surface area contributed by atoms with Gasteiger partial charge in [-0.15, -0.1) is 0 Å². The zero-order chi connectivity index (χ0) is 23.5. The molecule has 0 saturated heterocycles. The summed E-state index contributed by atoms with van der Waals surface area (Å²) in [6.45, 7) is -3.26. The van der Waals surface area contributed by atoms with Gasteiger partial charge in [-0.2, -0.15) is 17.6 Å². The second-order valence-corrected chi connectivity index (χ2v) is 6.72. The van der Waals surface area contributed by atoms with E-state index in [-0.39, 0.29) is 41.6 Å². The lowest BCUT2D eigenvalue weighted by atomic mass is 9.82. The molecule has 0 spiro atoms. The van der Waals surface area contributed by atoms with E-state index in [0.717, 1.165) is 11.0 Å². The number of nitrogens with zero attached hydrogens (tertiary/aromatic N) is 2. The predicted octanol–water partition coefficient (Wildman–Crippen LogP) is 4.01. The number of aliphatic imine (C=N–C) groups is 1. The first-order valence-electron chi connectivity index (χ1n) is 9.28. The summed E-state index contributed by atoms with van der Waals surface area (Å²) in [5.74, 6) is -1.87. The van der Waals surface area contributed by atoms with Crippen LogP contribution in [0.25, 0.3) is 0 Å². The number of nitrogens with two attached hydrogens (primary N) is 1. The molecule has 2 aromatic rings. The minimum atomic E-state index is -3.03. The lowest BCUT2D eigenvalue weighted by molar-refractivity contribution is -0.129. The smallest absolute Gasteiger partial charge is 0.387 e. The third kappa shape index (κ3) is 4.51. The summed E-state index contributed by atoms with van der Waals surface area (Å²) in [7, 11) is 1.40. The first-order valence-corrected chi connectivity index (χ1v) is 9.28. The van der Waals surface area contributed by atoms with Crippen LogP contribution in [0.4, 0.5) is 22.0 Å². The molecule has 2 aromatic carbocycles. The largest absolute Gasteiger partial charge is 0.490 e. The van der Waals surface area contributed by atoms with Gasteiger partial charge in [0.1, 0.15) is 5.75 Å². The Morgan fingerprint density at radius 1 is 1.19 bits per heavy atom. The topological polar surface area (TPSA) is 77.2 Å². The molecule has 170 valence electrons. The molecule has 0 fully saturated rings. The van der Waals surface area contributed by atoms with Gasteiger partial charge in [0.2, 0.25) is 0 Å². The molecule has 6 nitrogen and oxygen atoms in total. The number of hydrogen-bond donors (Lipinski definition) is 1. The summed E-state index contributed by atoms with van der Waals surface area (Å²) >= 11 is 0. The number of guanidine groups is 1. The van der Waals surface area contributed by atoms with Crippen LogP contribution in [0.2, 0.25) is 0 Å². The molecule has 1 unspecified atom stereocenters. The average molecular weight is 455 g/mol. The van der Waals surface area contributed by atoms with Crippen molar-refractivity contribution < 1.29 is 36.2 Å². The van der Waals surface area contributed by atoms with Gasteiger partial charge in [0.05, 0.1) is 6.61 Å². The highest BCUT2D eigenvalue weighted by atomic mass is 19.3. The Kier molecular flexibility index (Phi) is 6.66. The van der Waals surface area contributed by atoms with Gasteiger partial charge >= 0.3 is 6.61 Å². The van der Waals surface area contributed by atoms with Gasteiger partial charge in [0, 0.05) is 13.5 Å². The summed E-state index contributed by atoms with van der Waals surface area (Å²) in [6.07, 6.45) is -1.41. The molecular formula is C21H18F5N3O3. The number of alkyl halides is 2. The quantitative estimate of drug-likeness (QED) is 0.482. The molecule has 1 aliphatic rings. The molecule has 1 heterocycles. The van der Waals surface area contributed by atoms with Crippen LogP contribution in [0.3, 0.4) is 0 Å². The second kappa shape index (κ2) is 9.25. The van der Waals surface area contributed by atoms with Gasteiger partial charge in [-0.1, -0.05) is 18.2 Å². The van der Waals surface area contributed by atoms with E-state index in [0.29, 0.717) is 6.08 Å². The Hall–Kier alpha value is -3.63. The van der Waals surface area contributed by atoms with Crippen molar-refractivity contribution >= 4 is 11.9 Å². The Labute approximate surface area is 179 Å². The van der Waals surface area contributed by atoms with E-state index in [1.807, 2.05) is 0 Å². The molecule has 1 atom stereocenters. The number of ether oxygens (including phenoxy) is 2. The average Bonchev–Trinajstić information content (AvgIpc) is 2.97. The van der Waals surface area contributed by atoms with Gasteiger partial charge in [0.25, 0.3) is 12.0 Å². The Morgan fingerprint density at radius 3 is 2.41 bits per heavy atom. The lowest BCUT2D eigenvalue weighted by Gasteiger charge is -2.26. The summed E-state index contributed by atoms with van der Waals surface area (Å²) in [4.78, 5) is 18.6. The summed E-state index contributed by atoms with van der Waals surface area (Å²) < 4.78 is 73.1. The van der Waals surface area contributed by atoms with E-state index in [1.165, 1.54) is 43.4 Å². The zero-order valence-electron chi connectivity index (χ0n) is 16.7. The van der Waals surface area contributed by atoms with Crippen molar-refractivity contribution in [1.82, 2.24) is 4.90 Å². The van der Waals surface area contributed by atoms with Gasteiger partial charge < -0.3 is 15.2 Å². The minimum absolute atomic E-state index is 0.113. The van der Waals surface area contributed by atoms with Crippen LogP contribution in [0.15, 0.2) is 59.6 Å². The highest BCUT2D eigenvalue weighted by Gasteiger charge is 2.49. The van der Waals surface area contributed by atoms with Crippen molar-refractivity contribution in [2.24, 2.45) is 10.7 Å². The van der Waals surface area contributed by atoms with Crippen molar-refractivity contribution in [2.75, 3.05) is 13.7 Å². The first-order chi connectivity index (χ1) is 15.1. The van der Waals surface area contributed by atoms with Crippen LogP contribution >= 0.6 is 0 Å². The van der Waals surface area contributed by atoms with E-state index in [4.69, 9.17) is 10.5 Å². The number of rotatable bonds is 8. The fourth-order valence-corrected chi connectivity index (χ4v) is 3.24. The molecule has 32 heavy (non-hydrogen) atoms. The van der Waals surface area contributed by atoms with Crippen LogP contribution in [-0.4, -0.2) is 37.0 Å². The summed E-state index contributed by atoms with van der Waals surface area (Å²) in [5, 5.41) is 0. The Bertz CT molecular complexity index is 1060. The molecule has 0 bridgehead atoms. The summed E-state index contributed by atoms with van der Waals surface area (Å²) in [5.41, 5.74) is 4.56. The maximum absolute atomic E-state index is 14.3. The third-order valence-electron chi connectivity index (χ3n) is 4.76. The number of carbonyl (C=O) groups is 1. The summed E-state index contributed by atoms with van der Waals surface area (Å²) in [6, 6.07) is 8.78. The zero-order valence-corrected chi connectivity index (χ0v) is 16.7. The van der Waals surface area contributed by atoms with Crippen molar-refractivity contribution in [1.29, 1.82) is 0 Å². The van der Waals surface area contributed by atoms with Crippen molar-refractivity contribution in [2.45, 2.75) is 18.6 Å². The van der Waals surface area contributed by atoms with Gasteiger partial charge in [-0.25, -0.2) is 9.38 Å². The second-order valence-electron chi connectivity index (χ2n) is 6.72. The Balaban J connectivity index is 2.03. The lowest BCUT2D eigenvalue weighted by Crippen LogP contribution is -2.41. The van der Waals surface area contributed by atoms with Crippen LogP contribution in [0, 0.1) is 5.82 Å². The fourth-order valence-electron chi connectivity index (χ4n) is 3.24. The van der Waals surface area contributed by atoms with Crippen LogP contribution < -0.4 is 15.2 Å². The minimum Gasteiger partial charge on any atom is -0.490 e. The molecule has 0 aromatic heterocycles. The maximum atomic E-state index is 14.3. The number of hydrogen-bond acceptors (Lipinski definition) is 5. The number of benzene rings is 2. The van der Waals surface area contributed by atoms with E-state index in [2.05, 4.69) is 9.73 Å². The normalized spacial score (nSPS) is 18.0. The van der Waals surface area contributed by atoms with Crippen LogP contribution in [0.1, 0.15) is 17.5 Å². The van der Waals surface area contributed by atoms with Crippen LogP contribution in [0.5, 0.6) is 11.5 Å². The van der Waals surface area contributed by atoms with Gasteiger partial charge in [-0.3, -0.25) is 9.69 Å². The van der Waals surface area contributed by atoms with Gasteiger partial charge in [-0.05, 0) is 41.5 Å². The third-order valence-corrected chi connectivity index (χ3v) is 4.76. The first kappa shape index (κ1) is 23.0. The molecule has 11 heteroatoms. The number of carbonyl (C=O) groups excluding carboxylic acids is 1. The highest BCUT2D eigenvalue weighted by Crippen LogP contribution is 2.41. The maximum Gasteiger partial charge on any atom is 0.387 e. The van der Waals surface area contributed by atoms with E-state index in [1.54, 1.807) is 0 Å². The molecule has 0 radical (unpaired) electrons. The molecule has 1 amide bonds. The number of halogens is 5. The molecule has 2 N–H and O–H groups in total. The fraction of sp³-hybridized carbons (Fsp3) is 0.238.